The summed E-state index contributed by atoms with van der Waals surface area (Å²) >= 11 is 0. The van der Waals surface area contributed by atoms with Crippen LogP contribution in [0.2, 0.25) is 0 Å². The summed E-state index contributed by atoms with van der Waals surface area (Å²) in [7, 11) is 0. The van der Waals surface area contributed by atoms with Crippen LogP contribution in [0.15, 0.2) is 0 Å². The summed E-state index contributed by atoms with van der Waals surface area (Å²) < 4.78 is 0. The molecule has 0 saturated heterocycles. The zero-order valence-electron chi connectivity index (χ0n) is 33.2. The molecule has 0 aliphatic heterocycles. The molecule has 0 spiro atoms. The van der Waals surface area contributed by atoms with Gasteiger partial charge in [-0.25, -0.2) is 0 Å². The molecule has 0 amide bonds. The minimum Gasteiger partial charge on any atom is -0.412 e. The van der Waals surface area contributed by atoms with Gasteiger partial charge in [0.05, 0.1) is 0 Å². The van der Waals surface area contributed by atoms with E-state index >= 15 is 0 Å². The van der Waals surface area contributed by atoms with Crippen LogP contribution in [0.4, 0.5) is 0 Å². The molecule has 4 rings (SSSR count). The second kappa shape index (κ2) is 21.3. The van der Waals surface area contributed by atoms with Gasteiger partial charge in [0.1, 0.15) is 0 Å². The molecule has 254 valence electrons. The molecule has 4 aliphatic carbocycles. The summed E-state index contributed by atoms with van der Waals surface area (Å²) in [5, 5.41) is 0. The molecule has 0 aromatic carbocycles. The molecule has 0 aromatic rings. The second-order valence-corrected chi connectivity index (χ2v) is 17.2. The van der Waals surface area contributed by atoms with E-state index in [1.54, 1.807) is 0 Å². The second-order valence-electron chi connectivity index (χ2n) is 17.2. The van der Waals surface area contributed by atoms with Gasteiger partial charge >= 0.3 is 0 Å². The molecule has 43 heavy (non-hydrogen) atoms. The van der Waals surface area contributed by atoms with Gasteiger partial charge in [-0.05, 0) is 118 Å². The third-order valence-corrected chi connectivity index (χ3v) is 16.6. The maximum atomic E-state index is 2.40. The van der Waals surface area contributed by atoms with Crippen molar-refractivity contribution < 1.29 is 70.9 Å². The minimum absolute atomic E-state index is 0. The van der Waals surface area contributed by atoms with Crippen LogP contribution in [0, 0.1) is 118 Å². The third-order valence-electron chi connectivity index (χ3n) is 16.6. The molecule has 0 aromatic heterocycles. The molecule has 0 bridgehead atoms. The third kappa shape index (κ3) is 11.6. The van der Waals surface area contributed by atoms with Gasteiger partial charge in [0.2, 0.25) is 0 Å². The number of hydrogen-bond acceptors (Lipinski definition) is 0. The zero-order valence-corrected chi connectivity index (χ0v) is 38.9. The van der Waals surface area contributed by atoms with Gasteiger partial charge < -0.3 is 5.48 Å². The molecule has 2 N–H and O–H groups in total. The summed E-state index contributed by atoms with van der Waals surface area (Å²) in [6.07, 6.45) is 0. The Hall–Kier alpha value is 2.17. The van der Waals surface area contributed by atoms with Crippen LogP contribution in [0.1, 0.15) is 138 Å². The van der Waals surface area contributed by atoms with Gasteiger partial charge in [-0.3, -0.25) is 0 Å². The largest absolute Gasteiger partial charge is 0.412 e. The Balaban J connectivity index is -0.000000485. The summed E-state index contributed by atoms with van der Waals surface area (Å²) in [6, 6.07) is 0. The Kier molecular flexibility index (Phi) is 24.5. The molecule has 0 heterocycles. The van der Waals surface area contributed by atoms with Crippen molar-refractivity contribution in [2.75, 3.05) is 0 Å². The summed E-state index contributed by atoms with van der Waals surface area (Å²) in [5.41, 5.74) is 0. The van der Waals surface area contributed by atoms with Crippen LogP contribution in [-0.4, -0.2) is 5.48 Å². The van der Waals surface area contributed by atoms with E-state index in [9.17, 15) is 0 Å². The predicted octanol–water partition coefficient (Wildman–Crippen LogP) is 11.9. The first-order valence-corrected chi connectivity index (χ1v) is 18.2. The van der Waals surface area contributed by atoms with E-state index in [2.05, 4.69) is 138 Å². The van der Waals surface area contributed by atoms with Crippen molar-refractivity contribution in [2.24, 2.45) is 118 Å². The fourth-order valence-corrected chi connectivity index (χ4v) is 9.58. The van der Waals surface area contributed by atoms with Crippen LogP contribution in [-0.2, 0) is 65.4 Å². The van der Waals surface area contributed by atoms with Crippen molar-refractivity contribution in [2.45, 2.75) is 138 Å². The minimum atomic E-state index is 0. The number of hydrogen-bond donors (Lipinski definition) is 0. The van der Waals surface area contributed by atoms with E-state index in [0.29, 0.717) is 0 Å². The van der Waals surface area contributed by atoms with Gasteiger partial charge in [-0.1, -0.05) is 138 Å². The van der Waals surface area contributed by atoms with E-state index in [-0.39, 0.29) is 70.9 Å². The Morgan fingerprint density at radius 3 is 0.186 bits per heavy atom. The molecular weight excluding hydrogens is 674 g/mol. The Bertz CT molecular complexity index is 428. The maximum Gasteiger partial charge on any atom is 0 e. The standard InChI is InChI=1S/4C10H20.H2O.2Y/c4*1-6-7(2)9(4)10(5)8(6)3;;;/h4*6-10H,1-5H3;1H2;;. The zero-order chi connectivity index (χ0) is 31.5. The van der Waals surface area contributed by atoms with E-state index in [4.69, 9.17) is 0 Å². The van der Waals surface area contributed by atoms with Gasteiger partial charge in [-0.2, -0.15) is 0 Å². The first-order chi connectivity index (χ1) is 18.2. The van der Waals surface area contributed by atoms with Gasteiger partial charge in [0.25, 0.3) is 0 Å². The average molecular weight is 757 g/mol. The van der Waals surface area contributed by atoms with Crippen LogP contribution >= 0.6 is 0 Å². The molecule has 1 nitrogen and oxygen atoms in total. The van der Waals surface area contributed by atoms with Crippen LogP contribution in [0.3, 0.4) is 0 Å². The molecule has 0 atom stereocenters. The molecule has 0 unspecified atom stereocenters. The van der Waals surface area contributed by atoms with Crippen molar-refractivity contribution in [1.82, 2.24) is 0 Å². The van der Waals surface area contributed by atoms with E-state index in [1.165, 1.54) is 0 Å². The van der Waals surface area contributed by atoms with Crippen molar-refractivity contribution in [3.63, 3.8) is 0 Å². The quantitative estimate of drug-likeness (QED) is 0.236. The summed E-state index contributed by atoms with van der Waals surface area (Å²) in [6.45, 7) is 48.0. The normalized spacial score (nSPS) is 51.6. The molecular formula is C40H82OY2. The Labute approximate surface area is 324 Å². The monoisotopic (exact) mass is 756 g/mol. The van der Waals surface area contributed by atoms with Crippen LogP contribution in [0.5, 0.6) is 0 Å². The Morgan fingerprint density at radius 2 is 0.163 bits per heavy atom. The number of rotatable bonds is 0. The van der Waals surface area contributed by atoms with E-state index in [0.717, 1.165) is 118 Å². The van der Waals surface area contributed by atoms with Crippen molar-refractivity contribution in [3.05, 3.63) is 0 Å². The SMILES string of the molecule is CC1C(C)C(C)C(C)C1C.CC1C(C)C(C)C(C)C1C.CC1C(C)C(C)C(C)C1C.CC1C(C)C(C)C(C)C1C.O.[Y].[Y]. The predicted molar refractivity (Wildman–Crippen MR) is 187 cm³/mol. The molecule has 4 aliphatic rings. The first-order valence-electron chi connectivity index (χ1n) is 18.2. The van der Waals surface area contributed by atoms with Crippen molar-refractivity contribution >= 4 is 0 Å². The maximum absolute atomic E-state index is 2.40. The first kappa shape index (κ1) is 49.6. The smallest absolute Gasteiger partial charge is 0 e. The van der Waals surface area contributed by atoms with Gasteiger partial charge in [0, 0.05) is 65.4 Å². The van der Waals surface area contributed by atoms with Crippen molar-refractivity contribution in [1.29, 1.82) is 0 Å². The molecule has 2 radical (unpaired) electrons. The molecule has 4 saturated carbocycles. The van der Waals surface area contributed by atoms with E-state index < -0.39 is 0 Å². The molecule has 4 fully saturated rings. The van der Waals surface area contributed by atoms with Crippen LogP contribution < -0.4 is 0 Å². The van der Waals surface area contributed by atoms with Gasteiger partial charge in [0.15, 0.2) is 0 Å². The average Bonchev–Trinajstić information content (AvgIpc) is 3.37. The van der Waals surface area contributed by atoms with E-state index in [1.807, 2.05) is 0 Å². The fourth-order valence-electron chi connectivity index (χ4n) is 9.58. The molecule has 3 heteroatoms. The summed E-state index contributed by atoms with van der Waals surface area (Å²) in [4.78, 5) is 0. The van der Waals surface area contributed by atoms with Gasteiger partial charge in [-0.15, -0.1) is 0 Å². The topological polar surface area (TPSA) is 31.5 Å². The Morgan fingerprint density at radius 1 is 0.140 bits per heavy atom. The fraction of sp³-hybridized carbons (Fsp3) is 1.00. The van der Waals surface area contributed by atoms with Crippen molar-refractivity contribution in [3.8, 4) is 0 Å². The van der Waals surface area contributed by atoms with Crippen LogP contribution in [0.25, 0.3) is 0 Å². The summed E-state index contributed by atoms with van der Waals surface area (Å²) in [5.74, 6) is 18.7.